The van der Waals surface area contributed by atoms with E-state index in [0.29, 0.717) is 11.8 Å². The van der Waals surface area contributed by atoms with E-state index in [0.717, 1.165) is 36.8 Å². The zero-order valence-electron chi connectivity index (χ0n) is 15.7. The molecule has 28 heavy (non-hydrogen) atoms. The zero-order chi connectivity index (χ0) is 20.1. The summed E-state index contributed by atoms with van der Waals surface area (Å²) in [5.74, 6) is 1.17. The fourth-order valence-corrected chi connectivity index (χ4v) is 4.62. The molecule has 148 valence electrons. The maximum absolute atomic E-state index is 12.2. The highest BCUT2D eigenvalue weighted by Crippen LogP contribution is 2.45. The summed E-state index contributed by atoms with van der Waals surface area (Å²) in [6.07, 6.45) is 3.50. The number of amides is 1. The van der Waals surface area contributed by atoms with E-state index < -0.39 is 0 Å². The molecular weight excluding hydrogens is 378 g/mol. The van der Waals surface area contributed by atoms with Gasteiger partial charge in [0.2, 0.25) is 5.91 Å². The monoisotopic (exact) mass is 401 g/mol. The number of rotatable bonds is 3. The molecular formula is C21H24ClN3O3. The second kappa shape index (κ2) is 9.17. The number of carboxylic acid groups (broad SMARTS) is 1. The molecule has 1 N–H and O–H groups in total. The van der Waals surface area contributed by atoms with Gasteiger partial charge in [0, 0.05) is 51.4 Å². The molecule has 1 aromatic carbocycles. The Balaban J connectivity index is 0.000000706. The van der Waals surface area contributed by atoms with Crippen molar-refractivity contribution in [1.82, 2.24) is 14.8 Å². The Hall–Kier alpha value is -2.44. The van der Waals surface area contributed by atoms with Crippen LogP contribution in [0.3, 0.4) is 0 Å². The van der Waals surface area contributed by atoms with Crippen LogP contribution in [0.5, 0.6) is 0 Å². The molecule has 0 unspecified atom stereocenters. The number of carbonyl (C=O) groups excluding carboxylic acids is 1. The molecule has 0 bridgehead atoms. The standard InChI is InChI=1S/C20H22ClN3O.CH2O2/c1-14(25)24-12-17-11-23(10-16-7-8-22-9-19(16)21)13-18(17)20(24)15-5-3-2-4-6-15;2-1-3/h2-9,17-18,20H,10-13H2,1H3;1H,(H,2,3)/t17-,18-,20+;/m1./s1. The van der Waals surface area contributed by atoms with Crippen LogP contribution in [0.15, 0.2) is 48.8 Å². The lowest BCUT2D eigenvalue weighted by atomic mass is 9.89. The fourth-order valence-electron chi connectivity index (χ4n) is 4.44. The van der Waals surface area contributed by atoms with E-state index in [2.05, 4.69) is 39.0 Å². The first-order valence-electron chi connectivity index (χ1n) is 9.26. The van der Waals surface area contributed by atoms with E-state index in [-0.39, 0.29) is 18.4 Å². The van der Waals surface area contributed by atoms with Crippen LogP contribution in [-0.2, 0) is 16.1 Å². The molecule has 1 amide bonds. The van der Waals surface area contributed by atoms with Crippen LogP contribution >= 0.6 is 11.6 Å². The number of fused-ring (bicyclic) bond motifs is 1. The van der Waals surface area contributed by atoms with Gasteiger partial charge in [-0.2, -0.15) is 0 Å². The second-order valence-electron chi connectivity index (χ2n) is 7.22. The molecule has 2 aliphatic heterocycles. The number of carbonyl (C=O) groups is 2. The minimum Gasteiger partial charge on any atom is -0.483 e. The molecule has 1 aromatic heterocycles. The summed E-state index contributed by atoms with van der Waals surface area (Å²) in [5, 5.41) is 7.62. The van der Waals surface area contributed by atoms with Crippen molar-refractivity contribution in [2.75, 3.05) is 19.6 Å². The van der Waals surface area contributed by atoms with Crippen LogP contribution in [0.2, 0.25) is 5.02 Å². The highest BCUT2D eigenvalue weighted by Gasteiger charge is 2.48. The quantitative estimate of drug-likeness (QED) is 0.800. The Morgan fingerprint density at radius 1 is 1.25 bits per heavy atom. The smallest absolute Gasteiger partial charge is 0.290 e. The van der Waals surface area contributed by atoms with Crippen LogP contribution < -0.4 is 0 Å². The van der Waals surface area contributed by atoms with Crippen LogP contribution in [0.4, 0.5) is 0 Å². The van der Waals surface area contributed by atoms with Crippen molar-refractivity contribution in [2.45, 2.75) is 19.5 Å². The molecule has 7 heteroatoms. The molecule has 2 fully saturated rings. The molecule has 0 spiro atoms. The van der Waals surface area contributed by atoms with Crippen molar-refractivity contribution in [3.8, 4) is 0 Å². The fraction of sp³-hybridized carbons (Fsp3) is 0.381. The van der Waals surface area contributed by atoms with Gasteiger partial charge in [0.25, 0.3) is 6.47 Å². The van der Waals surface area contributed by atoms with Gasteiger partial charge in [-0.05, 0) is 23.1 Å². The molecule has 6 nitrogen and oxygen atoms in total. The topological polar surface area (TPSA) is 73.7 Å². The summed E-state index contributed by atoms with van der Waals surface area (Å²) in [6.45, 7) is 5.13. The molecule has 2 aromatic rings. The lowest BCUT2D eigenvalue weighted by molar-refractivity contribution is -0.130. The first-order valence-corrected chi connectivity index (χ1v) is 9.63. The third-order valence-electron chi connectivity index (χ3n) is 5.54. The Morgan fingerprint density at radius 3 is 2.61 bits per heavy atom. The van der Waals surface area contributed by atoms with Crippen molar-refractivity contribution in [3.05, 3.63) is 64.9 Å². The summed E-state index contributed by atoms with van der Waals surface area (Å²) in [4.78, 5) is 29.1. The Bertz CT molecular complexity index is 818. The summed E-state index contributed by atoms with van der Waals surface area (Å²) in [6, 6.07) is 12.6. The van der Waals surface area contributed by atoms with Crippen molar-refractivity contribution >= 4 is 24.0 Å². The van der Waals surface area contributed by atoms with E-state index in [1.807, 2.05) is 12.1 Å². The van der Waals surface area contributed by atoms with Crippen molar-refractivity contribution in [1.29, 1.82) is 0 Å². The van der Waals surface area contributed by atoms with Crippen LogP contribution in [0.25, 0.3) is 0 Å². The number of aromatic nitrogens is 1. The number of benzene rings is 1. The number of pyridine rings is 1. The zero-order valence-corrected chi connectivity index (χ0v) is 16.5. The van der Waals surface area contributed by atoms with Crippen LogP contribution in [0.1, 0.15) is 24.1 Å². The predicted molar refractivity (Wildman–Crippen MR) is 107 cm³/mol. The molecule has 2 saturated heterocycles. The largest absolute Gasteiger partial charge is 0.483 e. The molecule has 0 saturated carbocycles. The number of hydrogen-bond donors (Lipinski definition) is 1. The maximum Gasteiger partial charge on any atom is 0.290 e. The van der Waals surface area contributed by atoms with Crippen molar-refractivity contribution in [3.63, 3.8) is 0 Å². The third-order valence-corrected chi connectivity index (χ3v) is 5.88. The highest BCUT2D eigenvalue weighted by molar-refractivity contribution is 6.31. The van der Waals surface area contributed by atoms with Crippen LogP contribution in [0, 0.1) is 11.8 Å². The summed E-state index contributed by atoms with van der Waals surface area (Å²) in [7, 11) is 0. The predicted octanol–water partition coefficient (Wildman–Crippen LogP) is 3.09. The lowest BCUT2D eigenvalue weighted by Gasteiger charge is -2.29. The van der Waals surface area contributed by atoms with Gasteiger partial charge in [-0.25, -0.2) is 0 Å². The van der Waals surface area contributed by atoms with Gasteiger partial charge in [0.05, 0.1) is 11.1 Å². The molecule has 3 heterocycles. The first-order chi connectivity index (χ1) is 13.5. The van der Waals surface area contributed by atoms with Gasteiger partial charge in [-0.15, -0.1) is 0 Å². The summed E-state index contributed by atoms with van der Waals surface area (Å²) >= 11 is 6.27. The van der Waals surface area contributed by atoms with Gasteiger partial charge in [0.1, 0.15) is 0 Å². The number of nitrogens with zero attached hydrogens (tertiary/aromatic N) is 3. The van der Waals surface area contributed by atoms with Gasteiger partial charge >= 0.3 is 0 Å². The number of likely N-dealkylation sites (tertiary alicyclic amines) is 2. The number of halogens is 1. The number of hydrogen-bond acceptors (Lipinski definition) is 4. The first kappa shape index (κ1) is 20.3. The van der Waals surface area contributed by atoms with Gasteiger partial charge < -0.3 is 10.0 Å². The Kier molecular flexibility index (Phi) is 6.65. The molecule has 2 aliphatic rings. The minimum atomic E-state index is -0.250. The second-order valence-corrected chi connectivity index (χ2v) is 7.62. The van der Waals surface area contributed by atoms with E-state index >= 15 is 0 Å². The Morgan fingerprint density at radius 2 is 1.96 bits per heavy atom. The molecule has 0 radical (unpaired) electrons. The average Bonchev–Trinajstić information content (AvgIpc) is 3.22. The molecule has 4 rings (SSSR count). The van der Waals surface area contributed by atoms with Crippen molar-refractivity contribution < 1.29 is 14.7 Å². The SMILES string of the molecule is CC(=O)N1C[C@H]2CN(Cc3ccncc3Cl)C[C@H]2[C@@H]1c1ccccc1.O=CO. The Labute approximate surface area is 169 Å². The minimum absolute atomic E-state index is 0.173. The van der Waals surface area contributed by atoms with E-state index in [1.165, 1.54) is 5.56 Å². The average molecular weight is 402 g/mol. The van der Waals surface area contributed by atoms with E-state index in [1.54, 1.807) is 19.3 Å². The van der Waals surface area contributed by atoms with Crippen LogP contribution in [-0.4, -0.2) is 51.9 Å². The van der Waals surface area contributed by atoms with E-state index in [4.69, 9.17) is 21.5 Å². The molecule has 0 aliphatic carbocycles. The third kappa shape index (κ3) is 4.34. The van der Waals surface area contributed by atoms with Gasteiger partial charge in [-0.3, -0.25) is 19.5 Å². The van der Waals surface area contributed by atoms with Gasteiger partial charge in [-0.1, -0.05) is 41.9 Å². The van der Waals surface area contributed by atoms with Crippen molar-refractivity contribution in [2.24, 2.45) is 11.8 Å². The highest BCUT2D eigenvalue weighted by atomic mass is 35.5. The maximum atomic E-state index is 12.2. The summed E-state index contributed by atoms with van der Waals surface area (Å²) < 4.78 is 0. The van der Waals surface area contributed by atoms with E-state index in [9.17, 15) is 4.79 Å². The van der Waals surface area contributed by atoms with Gasteiger partial charge in [0.15, 0.2) is 0 Å². The molecule has 3 atom stereocenters. The normalized spacial score (nSPS) is 23.6. The summed E-state index contributed by atoms with van der Waals surface area (Å²) in [5.41, 5.74) is 2.37. The lowest BCUT2D eigenvalue weighted by Crippen LogP contribution is -2.34.